The first-order valence-corrected chi connectivity index (χ1v) is 4.03. The number of esters is 1. The van der Waals surface area contributed by atoms with Crippen LogP contribution >= 0.6 is 0 Å². The molecule has 0 fully saturated rings. The molecule has 0 bridgehead atoms. The molecule has 3 nitrogen and oxygen atoms in total. The van der Waals surface area contributed by atoms with Gasteiger partial charge in [-0.1, -0.05) is 6.92 Å². The molecule has 0 aliphatic carbocycles. The number of rotatable bonds is 1. The quantitative estimate of drug-likeness (QED) is 0.559. The molecule has 0 saturated heterocycles. The van der Waals surface area contributed by atoms with Gasteiger partial charge in [-0.2, -0.15) is 0 Å². The SMILES string of the molecule is COC(=O)C1=C(C)C(C)[C@@H](C)O1. The predicted octanol–water partition coefficient (Wildman–Crippen LogP) is 1.49. The van der Waals surface area contributed by atoms with Gasteiger partial charge in [0, 0.05) is 5.92 Å². The minimum Gasteiger partial charge on any atom is -0.483 e. The molecule has 0 radical (unpaired) electrons. The van der Waals surface area contributed by atoms with E-state index in [9.17, 15) is 4.79 Å². The van der Waals surface area contributed by atoms with E-state index >= 15 is 0 Å². The summed E-state index contributed by atoms with van der Waals surface area (Å²) in [5.74, 6) is 0.320. The number of methoxy groups -OCH3 is 1. The van der Waals surface area contributed by atoms with Gasteiger partial charge in [0.1, 0.15) is 6.10 Å². The Labute approximate surface area is 72.4 Å². The van der Waals surface area contributed by atoms with Crippen LogP contribution in [0.5, 0.6) is 0 Å². The van der Waals surface area contributed by atoms with Crippen LogP contribution in [-0.4, -0.2) is 19.2 Å². The first kappa shape index (κ1) is 9.10. The molecule has 0 aromatic heterocycles. The fraction of sp³-hybridized carbons (Fsp3) is 0.667. The molecule has 0 aromatic carbocycles. The Morgan fingerprint density at radius 1 is 1.50 bits per heavy atom. The zero-order chi connectivity index (χ0) is 9.30. The van der Waals surface area contributed by atoms with Crippen LogP contribution in [0.2, 0.25) is 0 Å². The van der Waals surface area contributed by atoms with Crippen molar-refractivity contribution in [3.8, 4) is 0 Å². The van der Waals surface area contributed by atoms with Crippen LogP contribution in [-0.2, 0) is 14.3 Å². The van der Waals surface area contributed by atoms with Gasteiger partial charge in [-0.15, -0.1) is 0 Å². The minimum atomic E-state index is -0.372. The van der Waals surface area contributed by atoms with Crippen LogP contribution < -0.4 is 0 Å². The van der Waals surface area contributed by atoms with Crippen molar-refractivity contribution in [3.05, 3.63) is 11.3 Å². The zero-order valence-corrected chi connectivity index (χ0v) is 7.88. The molecule has 0 amide bonds. The van der Waals surface area contributed by atoms with Crippen molar-refractivity contribution in [1.82, 2.24) is 0 Å². The summed E-state index contributed by atoms with van der Waals surface area (Å²) >= 11 is 0. The molecule has 0 N–H and O–H groups in total. The molecule has 1 heterocycles. The molecule has 3 heteroatoms. The highest BCUT2D eigenvalue weighted by Crippen LogP contribution is 2.30. The highest BCUT2D eigenvalue weighted by atomic mass is 16.6. The highest BCUT2D eigenvalue weighted by Gasteiger charge is 2.31. The lowest BCUT2D eigenvalue weighted by Crippen LogP contribution is -2.11. The molecule has 1 aliphatic rings. The summed E-state index contributed by atoms with van der Waals surface area (Å²) in [5, 5.41) is 0. The predicted molar refractivity (Wildman–Crippen MR) is 44.4 cm³/mol. The van der Waals surface area contributed by atoms with Crippen LogP contribution in [0.15, 0.2) is 11.3 Å². The van der Waals surface area contributed by atoms with Crippen molar-refractivity contribution >= 4 is 5.97 Å². The number of carbonyl (C=O) groups is 1. The van der Waals surface area contributed by atoms with Crippen molar-refractivity contribution in [1.29, 1.82) is 0 Å². The average molecular weight is 170 g/mol. The fourth-order valence-electron chi connectivity index (χ4n) is 1.24. The molecule has 68 valence electrons. The van der Waals surface area contributed by atoms with E-state index in [1.807, 2.05) is 20.8 Å². The van der Waals surface area contributed by atoms with Gasteiger partial charge in [0.25, 0.3) is 0 Å². The zero-order valence-electron chi connectivity index (χ0n) is 7.88. The monoisotopic (exact) mass is 170 g/mol. The second kappa shape index (κ2) is 3.17. The third kappa shape index (κ3) is 1.31. The lowest BCUT2D eigenvalue weighted by Gasteiger charge is -2.09. The van der Waals surface area contributed by atoms with Gasteiger partial charge in [0.15, 0.2) is 0 Å². The average Bonchev–Trinajstić information content (AvgIpc) is 2.32. The third-order valence-corrected chi connectivity index (χ3v) is 2.42. The van der Waals surface area contributed by atoms with Crippen LogP contribution in [0.1, 0.15) is 20.8 Å². The molecule has 12 heavy (non-hydrogen) atoms. The van der Waals surface area contributed by atoms with E-state index in [2.05, 4.69) is 4.74 Å². The van der Waals surface area contributed by atoms with Gasteiger partial charge in [-0.25, -0.2) is 4.79 Å². The number of hydrogen-bond donors (Lipinski definition) is 0. The van der Waals surface area contributed by atoms with E-state index in [1.54, 1.807) is 0 Å². The number of ether oxygens (including phenoxy) is 2. The molecule has 2 atom stereocenters. The van der Waals surface area contributed by atoms with E-state index < -0.39 is 0 Å². The van der Waals surface area contributed by atoms with Gasteiger partial charge in [-0.3, -0.25) is 0 Å². The Kier molecular flexibility index (Phi) is 2.40. The molecule has 1 rings (SSSR count). The van der Waals surface area contributed by atoms with E-state index in [4.69, 9.17) is 4.74 Å². The number of carbonyl (C=O) groups excluding carboxylic acids is 1. The maximum absolute atomic E-state index is 11.1. The Morgan fingerprint density at radius 3 is 2.42 bits per heavy atom. The van der Waals surface area contributed by atoms with Gasteiger partial charge in [-0.05, 0) is 19.4 Å². The van der Waals surface area contributed by atoms with Crippen LogP contribution in [0.25, 0.3) is 0 Å². The van der Waals surface area contributed by atoms with E-state index in [-0.39, 0.29) is 12.1 Å². The van der Waals surface area contributed by atoms with Crippen molar-refractivity contribution in [2.45, 2.75) is 26.9 Å². The minimum absolute atomic E-state index is 0.0825. The Balaban J connectivity index is 2.85. The summed E-state index contributed by atoms with van der Waals surface area (Å²) in [5.41, 5.74) is 0.981. The smallest absolute Gasteiger partial charge is 0.373 e. The van der Waals surface area contributed by atoms with Crippen molar-refractivity contribution in [2.24, 2.45) is 5.92 Å². The molecular formula is C9H14O3. The molecule has 0 aromatic rings. The van der Waals surface area contributed by atoms with Gasteiger partial charge in [0.05, 0.1) is 7.11 Å². The van der Waals surface area contributed by atoms with Crippen molar-refractivity contribution in [3.63, 3.8) is 0 Å². The summed E-state index contributed by atoms with van der Waals surface area (Å²) in [7, 11) is 1.36. The maximum Gasteiger partial charge on any atom is 0.373 e. The third-order valence-electron chi connectivity index (χ3n) is 2.42. The normalized spacial score (nSPS) is 28.7. The van der Waals surface area contributed by atoms with E-state index in [1.165, 1.54) is 7.11 Å². The van der Waals surface area contributed by atoms with Crippen LogP contribution in [0.3, 0.4) is 0 Å². The summed E-state index contributed by atoms with van der Waals surface area (Å²) in [6.45, 7) is 5.89. The highest BCUT2D eigenvalue weighted by molar-refractivity contribution is 5.87. The number of hydrogen-bond acceptors (Lipinski definition) is 3. The second-order valence-corrected chi connectivity index (χ2v) is 3.12. The topological polar surface area (TPSA) is 35.5 Å². The Morgan fingerprint density at radius 2 is 2.08 bits per heavy atom. The Hall–Kier alpha value is -0.990. The lowest BCUT2D eigenvalue weighted by atomic mass is 10.00. The van der Waals surface area contributed by atoms with Crippen molar-refractivity contribution in [2.75, 3.05) is 7.11 Å². The van der Waals surface area contributed by atoms with Gasteiger partial charge < -0.3 is 9.47 Å². The summed E-state index contributed by atoms with van der Waals surface area (Å²) < 4.78 is 9.92. The molecule has 1 unspecified atom stereocenters. The fourth-order valence-corrected chi connectivity index (χ4v) is 1.24. The van der Waals surface area contributed by atoms with Crippen LogP contribution in [0.4, 0.5) is 0 Å². The molecule has 0 spiro atoms. The summed E-state index contributed by atoms with van der Waals surface area (Å²) in [6.07, 6.45) is 0.0825. The standard InChI is InChI=1S/C9H14O3/c1-5-6(2)8(9(10)11-4)12-7(5)3/h5,7H,1-4H3/t5?,7-/m1/s1. The molecule has 1 aliphatic heterocycles. The second-order valence-electron chi connectivity index (χ2n) is 3.12. The van der Waals surface area contributed by atoms with Gasteiger partial charge >= 0.3 is 5.97 Å². The maximum atomic E-state index is 11.1. The largest absolute Gasteiger partial charge is 0.483 e. The summed E-state index contributed by atoms with van der Waals surface area (Å²) in [4.78, 5) is 11.1. The first-order valence-electron chi connectivity index (χ1n) is 4.03. The Bertz CT molecular complexity index is 230. The summed E-state index contributed by atoms with van der Waals surface area (Å²) in [6, 6.07) is 0. The molecule has 0 saturated carbocycles. The van der Waals surface area contributed by atoms with Crippen LogP contribution in [0, 0.1) is 5.92 Å². The van der Waals surface area contributed by atoms with Gasteiger partial charge in [0.2, 0.25) is 5.76 Å². The van der Waals surface area contributed by atoms with E-state index in [0.717, 1.165) is 5.57 Å². The van der Waals surface area contributed by atoms with E-state index in [0.29, 0.717) is 11.7 Å². The molecular weight excluding hydrogens is 156 g/mol. The lowest BCUT2D eigenvalue weighted by molar-refractivity contribution is -0.140. The first-order chi connectivity index (χ1) is 5.57. The van der Waals surface area contributed by atoms with Crippen molar-refractivity contribution < 1.29 is 14.3 Å².